The van der Waals surface area contributed by atoms with Crippen molar-refractivity contribution in [3.05, 3.63) is 41.6 Å². The molecule has 0 radical (unpaired) electrons. The summed E-state index contributed by atoms with van der Waals surface area (Å²) in [6.07, 6.45) is 9.47. The maximum atomic E-state index is 13.6. The van der Waals surface area contributed by atoms with Crippen LogP contribution in [0.1, 0.15) is 69.8 Å². The van der Waals surface area contributed by atoms with E-state index in [2.05, 4.69) is 16.7 Å². The zero-order valence-corrected chi connectivity index (χ0v) is 21.5. The largest absolute Gasteiger partial charge is 0.354 e. The molecule has 7 nitrogen and oxygen atoms in total. The van der Waals surface area contributed by atoms with Crippen LogP contribution in [0, 0.1) is 18.7 Å². The third kappa shape index (κ3) is 5.08. The normalized spacial score (nSPS) is 17.5. The summed E-state index contributed by atoms with van der Waals surface area (Å²) < 4.78 is 15.4. The van der Waals surface area contributed by atoms with E-state index in [-0.39, 0.29) is 11.7 Å². The van der Waals surface area contributed by atoms with Crippen molar-refractivity contribution < 1.29 is 9.18 Å². The standard InChI is InChI=1S/C28H37FN6O/c1-3-4-11-24-30-26(25-20(2)32-35(27(25)31-24)23-14-12-22(29)13-15-23)33-16-8-17-34(19-18-33)28(36)21-9-6-5-7-10-21/h12-15,21H,3-11,16-19H2,1-2H3. The Morgan fingerprint density at radius 1 is 1.00 bits per heavy atom. The second-order valence-corrected chi connectivity index (χ2v) is 10.2. The van der Waals surface area contributed by atoms with Crippen molar-refractivity contribution in [3.63, 3.8) is 0 Å². The van der Waals surface area contributed by atoms with E-state index in [9.17, 15) is 9.18 Å². The third-order valence-electron chi connectivity index (χ3n) is 7.62. The van der Waals surface area contributed by atoms with Gasteiger partial charge in [-0.25, -0.2) is 19.0 Å². The molecule has 1 aromatic carbocycles. The van der Waals surface area contributed by atoms with Crippen LogP contribution in [-0.4, -0.2) is 56.7 Å². The number of anilines is 1. The Labute approximate surface area is 212 Å². The minimum Gasteiger partial charge on any atom is -0.354 e. The van der Waals surface area contributed by atoms with E-state index in [1.54, 1.807) is 12.1 Å². The fourth-order valence-corrected chi connectivity index (χ4v) is 5.60. The van der Waals surface area contributed by atoms with Gasteiger partial charge in [0.05, 0.1) is 16.8 Å². The number of hydrogen-bond acceptors (Lipinski definition) is 5. The van der Waals surface area contributed by atoms with Crippen molar-refractivity contribution in [1.82, 2.24) is 24.6 Å². The molecule has 1 aliphatic heterocycles. The summed E-state index contributed by atoms with van der Waals surface area (Å²) in [5, 5.41) is 5.73. The van der Waals surface area contributed by atoms with E-state index >= 15 is 0 Å². The SMILES string of the molecule is CCCCc1nc(N2CCCN(C(=O)C3CCCCC3)CC2)c2c(C)nn(-c3ccc(F)cc3)c2n1. The van der Waals surface area contributed by atoms with Crippen molar-refractivity contribution in [2.45, 2.75) is 71.6 Å². The van der Waals surface area contributed by atoms with Gasteiger partial charge in [-0.05, 0) is 56.9 Å². The predicted molar refractivity (Wildman–Crippen MR) is 140 cm³/mol. The number of carbonyl (C=O) groups excluding carboxylic acids is 1. The van der Waals surface area contributed by atoms with Crippen molar-refractivity contribution in [3.8, 4) is 5.69 Å². The molecule has 2 fully saturated rings. The highest BCUT2D eigenvalue weighted by Gasteiger charge is 2.29. The first-order chi connectivity index (χ1) is 17.5. The van der Waals surface area contributed by atoms with Crippen LogP contribution in [0.25, 0.3) is 16.7 Å². The zero-order valence-electron chi connectivity index (χ0n) is 21.5. The van der Waals surface area contributed by atoms with Crippen molar-refractivity contribution in [2.24, 2.45) is 5.92 Å². The maximum Gasteiger partial charge on any atom is 0.225 e. The molecular weight excluding hydrogens is 455 g/mol. The highest BCUT2D eigenvalue weighted by molar-refractivity contribution is 5.91. The van der Waals surface area contributed by atoms with Crippen molar-refractivity contribution in [2.75, 3.05) is 31.1 Å². The Morgan fingerprint density at radius 2 is 1.78 bits per heavy atom. The Kier molecular flexibility index (Phi) is 7.48. The number of hydrogen-bond donors (Lipinski definition) is 0. The molecule has 3 aromatic rings. The molecule has 8 heteroatoms. The maximum absolute atomic E-state index is 13.6. The number of benzene rings is 1. The third-order valence-corrected chi connectivity index (χ3v) is 7.62. The van der Waals surface area contributed by atoms with Crippen LogP contribution in [0.5, 0.6) is 0 Å². The smallest absolute Gasteiger partial charge is 0.225 e. The molecule has 1 aliphatic carbocycles. The molecule has 0 atom stereocenters. The number of nitrogens with zero attached hydrogens (tertiary/aromatic N) is 6. The zero-order chi connectivity index (χ0) is 25.1. The molecule has 192 valence electrons. The second kappa shape index (κ2) is 10.9. The lowest BCUT2D eigenvalue weighted by molar-refractivity contribution is -0.136. The molecule has 2 aromatic heterocycles. The molecular formula is C28H37FN6O. The van der Waals surface area contributed by atoms with Gasteiger partial charge in [-0.3, -0.25) is 4.79 Å². The van der Waals surface area contributed by atoms with Crippen LogP contribution in [0.2, 0.25) is 0 Å². The van der Waals surface area contributed by atoms with Crippen LogP contribution in [0.3, 0.4) is 0 Å². The molecule has 0 spiro atoms. The first-order valence-electron chi connectivity index (χ1n) is 13.6. The Bertz CT molecular complexity index is 1200. The van der Waals surface area contributed by atoms with E-state index in [1.807, 2.05) is 11.6 Å². The van der Waals surface area contributed by atoms with Gasteiger partial charge in [0.1, 0.15) is 17.5 Å². The average molecular weight is 493 g/mol. The number of aryl methyl sites for hydroxylation is 2. The first kappa shape index (κ1) is 24.7. The van der Waals surface area contributed by atoms with Gasteiger partial charge in [0.15, 0.2) is 5.65 Å². The average Bonchev–Trinajstić information content (AvgIpc) is 3.07. The number of aromatic nitrogens is 4. The van der Waals surface area contributed by atoms with Gasteiger partial charge < -0.3 is 9.80 Å². The predicted octanol–water partition coefficient (Wildman–Crippen LogP) is 5.22. The van der Waals surface area contributed by atoms with Gasteiger partial charge in [0.2, 0.25) is 5.91 Å². The molecule has 0 N–H and O–H groups in total. The molecule has 1 saturated heterocycles. The lowest BCUT2D eigenvalue weighted by atomic mass is 9.88. The van der Waals surface area contributed by atoms with E-state index < -0.39 is 0 Å². The van der Waals surface area contributed by atoms with Gasteiger partial charge in [0, 0.05) is 38.5 Å². The van der Waals surface area contributed by atoms with E-state index in [1.165, 1.54) is 31.4 Å². The van der Waals surface area contributed by atoms with Gasteiger partial charge in [-0.1, -0.05) is 32.6 Å². The van der Waals surface area contributed by atoms with E-state index in [0.29, 0.717) is 5.91 Å². The Morgan fingerprint density at radius 3 is 2.53 bits per heavy atom. The molecule has 1 amide bonds. The van der Waals surface area contributed by atoms with Gasteiger partial charge >= 0.3 is 0 Å². The lowest BCUT2D eigenvalue weighted by Gasteiger charge is -2.28. The Hall–Kier alpha value is -3.03. The minimum atomic E-state index is -0.275. The van der Waals surface area contributed by atoms with Crippen molar-refractivity contribution >= 4 is 22.8 Å². The minimum absolute atomic E-state index is 0.202. The van der Waals surface area contributed by atoms with Gasteiger partial charge in [0.25, 0.3) is 0 Å². The first-order valence-corrected chi connectivity index (χ1v) is 13.6. The summed E-state index contributed by atoms with van der Waals surface area (Å²) in [6.45, 7) is 7.26. The molecule has 0 bridgehead atoms. The fourth-order valence-electron chi connectivity index (χ4n) is 5.60. The van der Waals surface area contributed by atoms with Crippen molar-refractivity contribution in [1.29, 1.82) is 0 Å². The Balaban J connectivity index is 1.47. The van der Waals surface area contributed by atoms with E-state index in [0.717, 1.165) is 98.8 Å². The van der Waals surface area contributed by atoms with Gasteiger partial charge in [-0.2, -0.15) is 5.10 Å². The summed E-state index contributed by atoms with van der Waals surface area (Å²) in [6, 6.07) is 6.36. The molecule has 36 heavy (non-hydrogen) atoms. The molecule has 5 rings (SSSR count). The number of carbonyl (C=O) groups is 1. The number of rotatable bonds is 6. The summed E-state index contributed by atoms with van der Waals surface area (Å²) >= 11 is 0. The number of halogens is 1. The molecule has 1 saturated carbocycles. The monoisotopic (exact) mass is 492 g/mol. The number of amides is 1. The molecule has 3 heterocycles. The van der Waals surface area contributed by atoms with Crippen LogP contribution in [0.4, 0.5) is 10.2 Å². The lowest BCUT2D eigenvalue weighted by Crippen LogP contribution is -2.39. The second-order valence-electron chi connectivity index (χ2n) is 10.2. The van der Waals surface area contributed by atoms with E-state index in [4.69, 9.17) is 15.1 Å². The molecule has 0 unspecified atom stereocenters. The number of fused-ring (bicyclic) bond motifs is 1. The van der Waals surface area contributed by atoms with Crippen LogP contribution >= 0.6 is 0 Å². The summed E-state index contributed by atoms with van der Waals surface area (Å²) in [5.41, 5.74) is 2.39. The summed E-state index contributed by atoms with van der Waals surface area (Å²) in [4.78, 5) is 27.6. The highest BCUT2D eigenvalue weighted by atomic mass is 19.1. The van der Waals surface area contributed by atoms with Gasteiger partial charge in [-0.15, -0.1) is 0 Å². The van der Waals surface area contributed by atoms with Crippen LogP contribution in [0.15, 0.2) is 24.3 Å². The molecule has 2 aliphatic rings. The number of unbranched alkanes of at least 4 members (excludes halogenated alkanes) is 1. The highest BCUT2D eigenvalue weighted by Crippen LogP contribution is 2.31. The van der Waals surface area contributed by atoms with Crippen LogP contribution < -0.4 is 4.90 Å². The van der Waals surface area contributed by atoms with Crippen LogP contribution in [-0.2, 0) is 11.2 Å². The summed E-state index contributed by atoms with van der Waals surface area (Å²) in [7, 11) is 0. The summed E-state index contributed by atoms with van der Waals surface area (Å²) in [5.74, 6) is 1.98. The topological polar surface area (TPSA) is 67.2 Å². The quantitative estimate of drug-likeness (QED) is 0.472. The fraction of sp³-hybridized carbons (Fsp3) is 0.571.